The van der Waals surface area contributed by atoms with E-state index in [1.54, 1.807) is 10.4 Å². The molecule has 2 heterocycles. The third kappa shape index (κ3) is 3.57. The Bertz CT molecular complexity index is 1070. The second kappa shape index (κ2) is 8.03. The lowest BCUT2D eigenvalue weighted by Crippen LogP contribution is -2.33. The van der Waals surface area contributed by atoms with Crippen LogP contribution in [0.2, 0.25) is 5.02 Å². The molecular formula is C24H27ClN2O2S. The number of nitrogens with one attached hydrogen (secondary N) is 1. The maximum absolute atomic E-state index is 13.3. The van der Waals surface area contributed by atoms with E-state index in [0.29, 0.717) is 23.9 Å². The minimum Gasteiger partial charge on any atom is -0.378 e. The summed E-state index contributed by atoms with van der Waals surface area (Å²) in [7, 11) is -3.45. The van der Waals surface area contributed by atoms with Crippen LogP contribution in [-0.2, 0) is 10.0 Å². The normalized spacial score (nSPS) is 26.5. The fourth-order valence-corrected chi connectivity index (χ4v) is 6.95. The van der Waals surface area contributed by atoms with Gasteiger partial charge in [-0.25, -0.2) is 8.42 Å². The Morgan fingerprint density at radius 1 is 1.00 bits per heavy atom. The Morgan fingerprint density at radius 2 is 1.80 bits per heavy atom. The molecule has 2 aromatic carbocycles. The highest BCUT2D eigenvalue weighted by Crippen LogP contribution is 2.50. The Morgan fingerprint density at radius 3 is 2.57 bits per heavy atom. The molecule has 0 saturated carbocycles. The average Bonchev–Trinajstić information content (AvgIpc) is 3.07. The largest absolute Gasteiger partial charge is 0.378 e. The molecule has 0 spiro atoms. The van der Waals surface area contributed by atoms with Crippen LogP contribution in [0.1, 0.15) is 55.2 Å². The number of hydrogen-bond donors (Lipinski definition) is 1. The minimum atomic E-state index is -3.45. The van der Waals surface area contributed by atoms with Gasteiger partial charge in [0.1, 0.15) is 0 Å². The first-order valence-electron chi connectivity index (χ1n) is 10.9. The van der Waals surface area contributed by atoms with Gasteiger partial charge in [-0.3, -0.25) is 0 Å². The van der Waals surface area contributed by atoms with Crippen molar-refractivity contribution in [1.82, 2.24) is 4.31 Å². The van der Waals surface area contributed by atoms with Crippen LogP contribution in [-0.4, -0.2) is 25.8 Å². The van der Waals surface area contributed by atoms with Gasteiger partial charge in [-0.15, -0.1) is 0 Å². The lowest BCUT2D eigenvalue weighted by molar-refractivity contribution is 0.419. The van der Waals surface area contributed by atoms with Gasteiger partial charge < -0.3 is 5.32 Å². The van der Waals surface area contributed by atoms with Gasteiger partial charge in [0.25, 0.3) is 0 Å². The first-order valence-corrected chi connectivity index (χ1v) is 12.7. The van der Waals surface area contributed by atoms with E-state index in [1.165, 1.54) is 5.56 Å². The quantitative estimate of drug-likeness (QED) is 0.617. The number of nitrogens with zero attached hydrogens (tertiary/aromatic N) is 1. The molecule has 6 heteroatoms. The van der Waals surface area contributed by atoms with E-state index in [9.17, 15) is 8.42 Å². The Labute approximate surface area is 184 Å². The second-order valence-electron chi connectivity index (χ2n) is 8.60. The molecule has 4 nitrogen and oxygen atoms in total. The summed E-state index contributed by atoms with van der Waals surface area (Å²) in [6.45, 7) is 1.25. The standard InChI is InChI=1S/C24H27ClN2O2S/c25-18-8-5-7-17(15-18)24-21-10-6-9-20(21)22-16-19(11-12-23(22)26-24)30(28,29)27-13-3-1-2-4-14-27/h5-9,11-12,15-16,20-21,24,26H,1-4,10,13-14H2. The molecule has 1 saturated heterocycles. The van der Waals surface area contributed by atoms with Crippen LogP contribution in [0.3, 0.4) is 0 Å². The summed E-state index contributed by atoms with van der Waals surface area (Å²) < 4.78 is 28.3. The van der Waals surface area contributed by atoms with Crippen LogP contribution in [0.15, 0.2) is 59.5 Å². The van der Waals surface area contributed by atoms with Gasteiger partial charge in [0.05, 0.1) is 10.9 Å². The maximum atomic E-state index is 13.3. The van der Waals surface area contributed by atoms with Crippen molar-refractivity contribution in [1.29, 1.82) is 0 Å². The van der Waals surface area contributed by atoms with Crippen molar-refractivity contribution in [3.05, 3.63) is 70.8 Å². The highest BCUT2D eigenvalue weighted by atomic mass is 35.5. The van der Waals surface area contributed by atoms with Gasteiger partial charge >= 0.3 is 0 Å². The second-order valence-corrected chi connectivity index (χ2v) is 11.0. The number of allylic oxidation sites excluding steroid dienone is 2. The molecule has 30 heavy (non-hydrogen) atoms. The van der Waals surface area contributed by atoms with E-state index in [0.717, 1.165) is 48.4 Å². The Kier molecular flexibility index (Phi) is 5.38. The van der Waals surface area contributed by atoms with Crippen LogP contribution in [0.25, 0.3) is 0 Å². The lowest BCUT2D eigenvalue weighted by Gasteiger charge is -2.38. The molecule has 2 aromatic rings. The molecule has 0 bridgehead atoms. The summed E-state index contributed by atoms with van der Waals surface area (Å²) in [5, 5.41) is 4.41. The summed E-state index contributed by atoms with van der Waals surface area (Å²) >= 11 is 6.25. The van der Waals surface area contributed by atoms with E-state index >= 15 is 0 Å². The lowest BCUT2D eigenvalue weighted by atomic mass is 9.77. The van der Waals surface area contributed by atoms with Crippen molar-refractivity contribution >= 4 is 27.3 Å². The first-order chi connectivity index (χ1) is 14.5. The fraction of sp³-hybridized carbons (Fsp3) is 0.417. The van der Waals surface area contributed by atoms with Crippen LogP contribution in [0, 0.1) is 5.92 Å². The van der Waals surface area contributed by atoms with Gasteiger partial charge in [-0.05, 0) is 66.6 Å². The molecule has 2 aliphatic heterocycles. The van der Waals surface area contributed by atoms with Crippen molar-refractivity contribution in [2.45, 2.75) is 49.0 Å². The van der Waals surface area contributed by atoms with Crippen LogP contribution >= 0.6 is 11.6 Å². The number of fused-ring (bicyclic) bond motifs is 3. The zero-order valence-electron chi connectivity index (χ0n) is 16.9. The smallest absolute Gasteiger partial charge is 0.243 e. The minimum absolute atomic E-state index is 0.157. The molecule has 158 valence electrons. The zero-order chi connectivity index (χ0) is 20.7. The van der Waals surface area contributed by atoms with E-state index in [4.69, 9.17) is 11.6 Å². The molecular weight excluding hydrogens is 416 g/mol. The number of halogens is 1. The summed E-state index contributed by atoms with van der Waals surface area (Å²) in [6, 6.07) is 13.8. The van der Waals surface area contributed by atoms with Gasteiger partial charge in [0.2, 0.25) is 10.0 Å². The van der Waals surface area contributed by atoms with Gasteiger partial charge in [0, 0.05) is 29.7 Å². The summed E-state index contributed by atoms with van der Waals surface area (Å²) in [5.74, 6) is 0.566. The monoisotopic (exact) mass is 442 g/mol. The average molecular weight is 443 g/mol. The molecule has 3 unspecified atom stereocenters. The molecule has 1 fully saturated rings. The molecule has 5 rings (SSSR count). The highest BCUT2D eigenvalue weighted by Gasteiger charge is 2.39. The molecule has 1 aliphatic carbocycles. The van der Waals surface area contributed by atoms with Crippen LogP contribution in [0.4, 0.5) is 5.69 Å². The van der Waals surface area contributed by atoms with Crippen molar-refractivity contribution < 1.29 is 8.42 Å². The molecule has 3 atom stereocenters. The van der Waals surface area contributed by atoms with E-state index in [-0.39, 0.29) is 12.0 Å². The summed E-state index contributed by atoms with van der Waals surface area (Å²) in [4.78, 5) is 0.421. The predicted molar refractivity (Wildman–Crippen MR) is 121 cm³/mol. The Balaban J connectivity index is 1.50. The number of rotatable bonds is 3. The fourth-order valence-electron chi connectivity index (χ4n) is 5.19. The highest BCUT2D eigenvalue weighted by molar-refractivity contribution is 7.89. The molecule has 0 radical (unpaired) electrons. The number of sulfonamides is 1. The summed E-state index contributed by atoms with van der Waals surface area (Å²) in [6.07, 6.45) is 9.54. The third-order valence-electron chi connectivity index (χ3n) is 6.74. The molecule has 0 aromatic heterocycles. The van der Waals surface area contributed by atoms with Crippen molar-refractivity contribution in [3.8, 4) is 0 Å². The molecule has 1 N–H and O–H groups in total. The number of anilines is 1. The Hall–Kier alpha value is -1.82. The van der Waals surface area contributed by atoms with Crippen molar-refractivity contribution in [2.75, 3.05) is 18.4 Å². The molecule has 0 amide bonds. The van der Waals surface area contributed by atoms with Crippen molar-refractivity contribution in [2.24, 2.45) is 5.92 Å². The van der Waals surface area contributed by atoms with Crippen molar-refractivity contribution in [3.63, 3.8) is 0 Å². The molecule has 3 aliphatic rings. The van der Waals surface area contributed by atoms with E-state index < -0.39 is 10.0 Å². The number of benzene rings is 2. The summed E-state index contributed by atoms with van der Waals surface area (Å²) in [5.41, 5.74) is 3.28. The van der Waals surface area contributed by atoms with Gasteiger partial charge in [-0.1, -0.05) is 48.7 Å². The van der Waals surface area contributed by atoms with Gasteiger partial charge in [0.15, 0.2) is 0 Å². The third-order valence-corrected chi connectivity index (χ3v) is 8.87. The van der Waals surface area contributed by atoms with E-state index in [2.05, 4.69) is 23.5 Å². The van der Waals surface area contributed by atoms with Gasteiger partial charge in [-0.2, -0.15) is 4.31 Å². The van der Waals surface area contributed by atoms with Crippen LogP contribution < -0.4 is 5.32 Å². The predicted octanol–water partition coefficient (Wildman–Crippen LogP) is 5.73. The number of hydrogen-bond acceptors (Lipinski definition) is 3. The SMILES string of the molecule is O=S(=O)(c1ccc2c(c1)C1C=CCC1C(c1cccc(Cl)c1)N2)N1CCCCCC1. The topological polar surface area (TPSA) is 49.4 Å². The maximum Gasteiger partial charge on any atom is 0.243 e. The van der Waals surface area contributed by atoms with Crippen LogP contribution in [0.5, 0.6) is 0 Å². The zero-order valence-corrected chi connectivity index (χ0v) is 18.5. The van der Waals surface area contributed by atoms with E-state index in [1.807, 2.05) is 30.3 Å². The first kappa shape index (κ1) is 20.1.